The molecule has 0 fully saturated rings. The van der Waals surface area contributed by atoms with Gasteiger partial charge in [0.1, 0.15) is 0 Å². The van der Waals surface area contributed by atoms with E-state index in [0.717, 1.165) is 24.0 Å². The molecule has 0 aliphatic carbocycles. The van der Waals surface area contributed by atoms with Crippen LogP contribution in [0.5, 0.6) is 0 Å². The number of hydrogen-bond acceptors (Lipinski definition) is 2. The molecule has 0 aliphatic heterocycles. The second-order valence-electron chi connectivity index (χ2n) is 5.15. The molecule has 2 aromatic carbocycles. The van der Waals surface area contributed by atoms with E-state index in [1.165, 1.54) is 0 Å². The molecule has 0 saturated heterocycles. The van der Waals surface area contributed by atoms with Crippen molar-refractivity contribution in [3.8, 4) is 0 Å². The molecule has 0 amide bonds. The summed E-state index contributed by atoms with van der Waals surface area (Å²) in [5.41, 5.74) is 2.30. The van der Waals surface area contributed by atoms with Gasteiger partial charge >= 0.3 is 5.97 Å². The third kappa shape index (κ3) is 4.75. The highest BCUT2D eigenvalue weighted by Gasteiger charge is 2.18. The maximum atomic E-state index is 12.1. The van der Waals surface area contributed by atoms with Gasteiger partial charge in [0.15, 0.2) is 0 Å². The smallest absolute Gasteiger partial charge is 0.306 e. The molecule has 2 rings (SSSR count). The molecule has 0 saturated carbocycles. The van der Waals surface area contributed by atoms with Crippen LogP contribution in [-0.2, 0) is 9.53 Å². The molecule has 2 heteroatoms. The fraction of sp³-hybridized carbons (Fsp3) is 0.316. The molecule has 0 spiro atoms. The summed E-state index contributed by atoms with van der Waals surface area (Å²) in [5.74, 6) is -0.0670. The summed E-state index contributed by atoms with van der Waals surface area (Å²) in [4.78, 5) is 12.1. The van der Waals surface area contributed by atoms with E-state index in [-0.39, 0.29) is 11.9 Å². The SMILES string of the molecule is CCCCOC(=O)CC(c1ccccc1)c1ccccc1. The van der Waals surface area contributed by atoms with Crippen LogP contribution in [0.4, 0.5) is 0 Å². The minimum absolute atomic E-state index is 0.0570. The number of hydrogen-bond donors (Lipinski definition) is 0. The summed E-state index contributed by atoms with van der Waals surface area (Å²) >= 11 is 0. The van der Waals surface area contributed by atoms with Gasteiger partial charge in [-0.25, -0.2) is 0 Å². The van der Waals surface area contributed by atoms with E-state index in [9.17, 15) is 4.79 Å². The van der Waals surface area contributed by atoms with Crippen molar-refractivity contribution in [1.29, 1.82) is 0 Å². The van der Waals surface area contributed by atoms with E-state index >= 15 is 0 Å². The lowest BCUT2D eigenvalue weighted by Crippen LogP contribution is -2.12. The average molecular weight is 282 g/mol. The largest absolute Gasteiger partial charge is 0.466 e. The van der Waals surface area contributed by atoms with Gasteiger partial charge in [-0.3, -0.25) is 4.79 Å². The Labute approximate surface area is 126 Å². The molecule has 0 heterocycles. The standard InChI is InChI=1S/C19H22O2/c1-2-3-14-21-19(20)15-18(16-10-6-4-7-11-16)17-12-8-5-9-13-17/h4-13,18H,2-3,14-15H2,1H3. The van der Waals surface area contributed by atoms with E-state index in [0.29, 0.717) is 13.0 Å². The number of ether oxygens (including phenoxy) is 1. The number of rotatable bonds is 7. The minimum atomic E-state index is -0.124. The van der Waals surface area contributed by atoms with Gasteiger partial charge in [0.05, 0.1) is 13.0 Å². The molecule has 0 atom stereocenters. The normalized spacial score (nSPS) is 10.6. The monoisotopic (exact) mass is 282 g/mol. The minimum Gasteiger partial charge on any atom is -0.466 e. The highest BCUT2D eigenvalue weighted by Crippen LogP contribution is 2.28. The number of carbonyl (C=O) groups excluding carboxylic acids is 1. The summed E-state index contributed by atoms with van der Waals surface area (Å²) in [5, 5.41) is 0. The Morgan fingerprint density at radius 1 is 0.952 bits per heavy atom. The van der Waals surface area contributed by atoms with E-state index < -0.39 is 0 Å². The molecule has 0 aliphatic rings. The average Bonchev–Trinajstić information content (AvgIpc) is 2.54. The fourth-order valence-corrected chi connectivity index (χ4v) is 2.35. The van der Waals surface area contributed by atoms with E-state index in [2.05, 4.69) is 31.2 Å². The van der Waals surface area contributed by atoms with Crippen LogP contribution in [0.1, 0.15) is 43.2 Å². The molecule has 0 radical (unpaired) electrons. The number of unbranched alkanes of at least 4 members (excludes halogenated alkanes) is 1. The lowest BCUT2D eigenvalue weighted by molar-refractivity contribution is -0.144. The zero-order valence-electron chi connectivity index (χ0n) is 12.5. The van der Waals surface area contributed by atoms with Crippen LogP contribution in [0.25, 0.3) is 0 Å². The summed E-state index contributed by atoms with van der Waals surface area (Å²) < 4.78 is 5.32. The Morgan fingerprint density at radius 3 is 1.95 bits per heavy atom. The van der Waals surface area contributed by atoms with E-state index in [1.807, 2.05) is 36.4 Å². The second kappa shape index (κ2) is 8.25. The summed E-state index contributed by atoms with van der Waals surface area (Å²) in [7, 11) is 0. The van der Waals surface area contributed by atoms with Crippen LogP contribution in [0.3, 0.4) is 0 Å². The van der Waals surface area contributed by atoms with Gasteiger partial charge < -0.3 is 4.74 Å². The van der Waals surface area contributed by atoms with Crippen LogP contribution < -0.4 is 0 Å². The lowest BCUT2D eigenvalue weighted by Gasteiger charge is -2.17. The topological polar surface area (TPSA) is 26.3 Å². The van der Waals surface area contributed by atoms with Gasteiger partial charge in [-0.2, -0.15) is 0 Å². The van der Waals surface area contributed by atoms with Gasteiger partial charge in [0.25, 0.3) is 0 Å². The van der Waals surface area contributed by atoms with Gasteiger partial charge in [-0.05, 0) is 17.5 Å². The maximum absolute atomic E-state index is 12.1. The van der Waals surface area contributed by atoms with E-state index in [4.69, 9.17) is 4.74 Å². The molecule has 0 aromatic heterocycles. The highest BCUT2D eigenvalue weighted by molar-refractivity contribution is 5.71. The zero-order valence-corrected chi connectivity index (χ0v) is 12.5. The quantitative estimate of drug-likeness (QED) is 0.550. The van der Waals surface area contributed by atoms with Crippen LogP contribution in [-0.4, -0.2) is 12.6 Å². The van der Waals surface area contributed by atoms with Gasteiger partial charge in [-0.15, -0.1) is 0 Å². The molecule has 2 aromatic rings. The zero-order chi connectivity index (χ0) is 14.9. The summed E-state index contributed by atoms with van der Waals surface area (Å²) in [6.07, 6.45) is 2.35. The van der Waals surface area contributed by atoms with Crippen molar-refractivity contribution in [1.82, 2.24) is 0 Å². The first-order valence-electron chi connectivity index (χ1n) is 7.56. The van der Waals surface area contributed by atoms with Crippen molar-refractivity contribution in [2.75, 3.05) is 6.61 Å². The first-order chi connectivity index (χ1) is 10.3. The van der Waals surface area contributed by atoms with Crippen LogP contribution in [0, 0.1) is 0 Å². The second-order valence-corrected chi connectivity index (χ2v) is 5.15. The van der Waals surface area contributed by atoms with Gasteiger partial charge in [0, 0.05) is 5.92 Å². The molecule has 0 N–H and O–H groups in total. The number of benzene rings is 2. The first-order valence-corrected chi connectivity index (χ1v) is 7.56. The lowest BCUT2D eigenvalue weighted by atomic mass is 9.89. The predicted molar refractivity (Wildman–Crippen MR) is 85.2 cm³/mol. The van der Waals surface area contributed by atoms with Crippen molar-refractivity contribution in [2.24, 2.45) is 0 Å². The third-order valence-electron chi connectivity index (χ3n) is 3.54. The molecule has 0 unspecified atom stereocenters. The van der Waals surface area contributed by atoms with Crippen LogP contribution >= 0.6 is 0 Å². The van der Waals surface area contributed by atoms with Crippen molar-refractivity contribution in [3.05, 3.63) is 71.8 Å². The Hall–Kier alpha value is -2.09. The molecule has 110 valence electrons. The Morgan fingerprint density at radius 2 is 1.48 bits per heavy atom. The van der Waals surface area contributed by atoms with Crippen LogP contribution in [0.15, 0.2) is 60.7 Å². The van der Waals surface area contributed by atoms with Crippen molar-refractivity contribution in [2.45, 2.75) is 32.1 Å². The molecule has 21 heavy (non-hydrogen) atoms. The molecular weight excluding hydrogens is 260 g/mol. The Bertz CT molecular complexity index is 495. The first kappa shape index (κ1) is 15.3. The Balaban J connectivity index is 2.12. The summed E-state index contributed by atoms with van der Waals surface area (Å²) in [6.45, 7) is 2.61. The number of esters is 1. The molecular formula is C19H22O2. The van der Waals surface area contributed by atoms with Crippen molar-refractivity contribution < 1.29 is 9.53 Å². The van der Waals surface area contributed by atoms with E-state index in [1.54, 1.807) is 0 Å². The predicted octanol–water partition coefficient (Wildman–Crippen LogP) is 4.55. The highest BCUT2D eigenvalue weighted by atomic mass is 16.5. The van der Waals surface area contributed by atoms with Crippen molar-refractivity contribution in [3.63, 3.8) is 0 Å². The molecule has 2 nitrogen and oxygen atoms in total. The Kier molecular flexibility index (Phi) is 6.01. The molecule has 0 bridgehead atoms. The van der Waals surface area contributed by atoms with Gasteiger partial charge in [-0.1, -0.05) is 74.0 Å². The summed E-state index contributed by atoms with van der Waals surface area (Å²) in [6, 6.07) is 20.3. The third-order valence-corrected chi connectivity index (χ3v) is 3.54. The van der Waals surface area contributed by atoms with Gasteiger partial charge in [0.2, 0.25) is 0 Å². The number of carbonyl (C=O) groups is 1. The maximum Gasteiger partial charge on any atom is 0.306 e. The van der Waals surface area contributed by atoms with Crippen molar-refractivity contribution >= 4 is 5.97 Å². The van der Waals surface area contributed by atoms with Crippen LogP contribution in [0.2, 0.25) is 0 Å². The fourth-order valence-electron chi connectivity index (χ4n) is 2.35.